The second kappa shape index (κ2) is 9.29. The predicted molar refractivity (Wildman–Crippen MR) is 107 cm³/mol. The Bertz CT molecular complexity index is 990. The molecule has 0 spiro atoms. The molecule has 0 N–H and O–H groups in total. The first-order chi connectivity index (χ1) is 14.2. The molecule has 6 nitrogen and oxygen atoms in total. The molecular formula is C20H20F3N5OS. The molecule has 0 saturated heterocycles. The molecule has 2 aromatic heterocycles. The Morgan fingerprint density at radius 2 is 1.83 bits per heavy atom. The molecule has 30 heavy (non-hydrogen) atoms. The molecular weight excluding hydrogens is 415 g/mol. The largest absolute Gasteiger partial charge is 0.406 e. The Kier molecular flexibility index (Phi) is 6.76. The summed E-state index contributed by atoms with van der Waals surface area (Å²) in [6.07, 6.45) is -4.48. The standard InChI is InChI=1S/C20H20F3N5OS/c1-14-10-15(2)28(26-14)17-8-9-18(25-24-17)30-12-19(29)27(13-20(21,22)23)11-16-6-4-3-5-7-16/h3-10H,11-13H2,1-2H3. The fourth-order valence-electron chi connectivity index (χ4n) is 2.84. The summed E-state index contributed by atoms with van der Waals surface area (Å²) in [6, 6.07) is 13.9. The van der Waals surface area contributed by atoms with Gasteiger partial charge < -0.3 is 4.90 Å². The van der Waals surface area contributed by atoms with Crippen LogP contribution in [0.5, 0.6) is 0 Å². The second-order valence-electron chi connectivity index (χ2n) is 6.71. The van der Waals surface area contributed by atoms with Crippen molar-refractivity contribution < 1.29 is 18.0 Å². The van der Waals surface area contributed by atoms with Crippen LogP contribution in [0, 0.1) is 13.8 Å². The van der Waals surface area contributed by atoms with Gasteiger partial charge in [-0.1, -0.05) is 42.1 Å². The summed E-state index contributed by atoms with van der Waals surface area (Å²) in [6.45, 7) is 2.35. The minimum atomic E-state index is -4.48. The van der Waals surface area contributed by atoms with Gasteiger partial charge in [0.05, 0.1) is 11.4 Å². The van der Waals surface area contributed by atoms with Crippen molar-refractivity contribution in [2.75, 3.05) is 12.3 Å². The van der Waals surface area contributed by atoms with Crippen molar-refractivity contribution in [1.82, 2.24) is 24.9 Å². The Morgan fingerprint density at radius 3 is 2.40 bits per heavy atom. The summed E-state index contributed by atoms with van der Waals surface area (Å²) in [7, 11) is 0. The van der Waals surface area contributed by atoms with Crippen LogP contribution in [0.4, 0.5) is 13.2 Å². The Balaban J connectivity index is 1.64. The molecule has 0 saturated carbocycles. The number of carbonyl (C=O) groups excluding carboxylic acids is 1. The van der Waals surface area contributed by atoms with Crippen molar-refractivity contribution in [2.45, 2.75) is 31.6 Å². The van der Waals surface area contributed by atoms with Gasteiger partial charge in [-0.2, -0.15) is 18.3 Å². The average Bonchev–Trinajstić information content (AvgIpc) is 3.04. The number of halogens is 3. The average molecular weight is 435 g/mol. The van der Waals surface area contributed by atoms with Crippen LogP contribution >= 0.6 is 11.8 Å². The van der Waals surface area contributed by atoms with Gasteiger partial charge in [0.1, 0.15) is 11.6 Å². The summed E-state index contributed by atoms with van der Waals surface area (Å²) in [5, 5.41) is 12.9. The molecule has 1 amide bonds. The molecule has 2 heterocycles. The number of alkyl halides is 3. The number of thioether (sulfide) groups is 1. The third-order valence-corrected chi connectivity index (χ3v) is 5.04. The summed E-state index contributed by atoms with van der Waals surface area (Å²) in [5.41, 5.74) is 2.39. The molecule has 10 heteroatoms. The molecule has 0 aliphatic rings. The van der Waals surface area contributed by atoms with Crippen molar-refractivity contribution >= 4 is 17.7 Å². The van der Waals surface area contributed by atoms with Gasteiger partial charge in [-0.05, 0) is 37.6 Å². The first-order valence-corrected chi connectivity index (χ1v) is 10.1. The molecule has 0 aliphatic carbocycles. The molecule has 0 radical (unpaired) electrons. The topological polar surface area (TPSA) is 63.9 Å². The zero-order chi connectivity index (χ0) is 21.7. The van der Waals surface area contributed by atoms with Gasteiger partial charge in [-0.25, -0.2) is 4.68 Å². The molecule has 0 fully saturated rings. The van der Waals surface area contributed by atoms with Crippen LogP contribution < -0.4 is 0 Å². The zero-order valence-corrected chi connectivity index (χ0v) is 17.2. The van der Waals surface area contributed by atoms with E-state index in [9.17, 15) is 18.0 Å². The van der Waals surface area contributed by atoms with Gasteiger partial charge in [0.15, 0.2) is 5.82 Å². The molecule has 3 aromatic rings. The fraction of sp³-hybridized carbons (Fsp3) is 0.300. The lowest BCUT2D eigenvalue weighted by Crippen LogP contribution is -2.39. The second-order valence-corrected chi connectivity index (χ2v) is 7.70. The van der Waals surface area contributed by atoms with Crippen LogP contribution in [0.3, 0.4) is 0 Å². The number of benzene rings is 1. The number of amides is 1. The van der Waals surface area contributed by atoms with Crippen LogP contribution in [0.25, 0.3) is 5.82 Å². The number of carbonyl (C=O) groups is 1. The van der Waals surface area contributed by atoms with Gasteiger partial charge in [0.25, 0.3) is 0 Å². The van der Waals surface area contributed by atoms with Gasteiger partial charge in [0, 0.05) is 12.2 Å². The van der Waals surface area contributed by atoms with Crippen LogP contribution in [0.1, 0.15) is 17.0 Å². The highest BCUT2D eigenvalue weighted by molar-refractivity contribution is 7.99. The highest BCUT2D eigenvalue weighted by Crippen LogP contribution is 2.21. The maximum atomic E-state index is 12.9. The summed E-state index contributed by atoms with van der Waals surface area (Å²) in [4.78, 5) is 13.3. The van der Waals surface area contributed by atoms with Crippen molar-refractivity contribution in [1.29, 1.82) is 0 Å². The van der Waals surface area contributed by atoms with Crippen LogP contribution in [0.2, 0.25) is 0 Å². The molecule has 0 bridgehead atoms. The van der Waals surface area contributed by atoms with E-state index in [1.807, 2.05) is 19.9 Å². The lowest BCUT2D eigenvalue weighted by molar-refractivity contribution is -0.160. The van der Waals surface area contributed by atoms with E-state index in [1.54, 1.807) is 47.1 Å². The SMILES string of the molecule is Cc1cc(C)n(-c2ccc(SCC(=O)N(Cc3ccccc3)CC(F)(F)F)nn2)n1. The Hall–Kier alpha value is -2.88. The van der Waals surface area contributed by atoms with E-state index >= 15 is 0 Å². The van der Waals surface area contributed by atoms with E-state index in [0.717, 1.165) is 28.0 Å². The number of nitrogens with zero attached hydrogens (tertiary/aromatic N) is 5. The van der Waals surface area contributed by atoms with E-state index in [1.165, 1.54) is 0 Å². The van der Waals surface area contributed by atoms with Crippen molar-refractivity contribution in [3.8, 4) is 5.82 Å². The highest BCUT2D eigenvalue weighted by atomic mass is 32.2. The van der Waals surface area contributed by atoms with Gasteiger partial charge in [0.2, 0.25) is 5.91 Å². The lowest BCUT2D eigenvalue weighted by Gasteiger charge is -2.24. The number of hydrogen-bond donors (Lipinski definition) is 0. The van der Waals surface area contributed by atoms with Gasteiger partial charge >= 0.3 is 6.18 Å². The van der Waals surface area contributed by atoms with E-state index < -0.39 is 18.6 Å². The molecule has 0 unspecified atom stereocenters. The zero-order valence-electron chi connectivity index (χ0n) is 16.4. The number of aromatic nitrogens is 4. The highest BCUT2D eigenvalue weighted by Gasteiger charge is 2.33. The van der Waals surface area contributed by atoms with Crippen molar-refractivity contribution in [3.63, 3.8) is 0 Å². The molecule has 0 atom stereocenters. The molecule has 1 aromatic carbocycles. The summed E-state index contributed by atoms with van der Waals surface area (Å²) < 4.78 is 40.5. The van der Waals surface area contributed by atoms with Crippen molar-refractivity contribution in [2.24, 2.45) is 0 Å². The van der Waals surface area contributed by atoms with E-state index in [4.69, 9.17) is 0 Å². The first-order valence-electron chi connectivity index (χ1n) is 9.10. The minimum Gasteiger partial charge on any atom is -0.329 e. The number of rotatable bonds is 7. The number of aryl methyl sites for hydroxylation is 2. The minimum absolute atomic E-state index is 0.109. The maximum absolute atomic E-state index is 12.9. The fourth-order valence-corrected chi connectivity index (χ4v) is 3.56. The number of hydrogen-bond acceptors (Lipinski definition) is 5. The molecule has 0 aliphatic heterocycles. The smallest absolute Gasteiger partial charge is 0.329 e. The van der Waals surface area contributed by atoms with Gasteiger partial charge in [-0.15, -0.1) is 10.2 Å². The Morgan fingerprint density at radius 1 is 1.10 bits per heavy atom. The van der Waals surface area contributed by atoms with Gasteiger partial charge in [-0.3, -0.25) is 4.79 Å². The van der Waals surface area contributed by atoms with Crippen LogP contribution in [0.15, 0.2) is 53.6 Å². The Labute approximate surface area is 176 Å². The van der Waals surface area contributed by atoms with E-state index in [-0.39, 0.29) is 12.3 Å². The predicted octanol–water partition coefficient (Wildman–Crippen LogP) is 3.96. The molecule has 158 valence electrons. The molecule has 3 rings (SSSR count). The normalized spacial score (nSPS) is 11.5. The third kappa shape index (κ3) is 6.06. The lowest BCUT2D eigenvalue weighted by atomic mass is 10.2. The third-order valence-electron chi connectivity index (χ3n) is 4.14. The summed E-state index contributed by atoms with van der Waals surface area (Å²) in [5.74, 6) is -0.263. The van der Waals surface area contributed by atoms with Crippen LogP contribution in [-0.2, 0) is 11.3 Å². The monoisotopic (exact) mass is 435 g/mol. The van der Waals surface area contributed by atoms with E-state index in [2.05, 4.69) is 15.3 Å². The maximum Gasteiger partial charge on any atom is 0.406 e. The first kappa shape index (κ1) is 21.8. The quantitative estimate of drug-likeness (QED) is 0.526. The summed E-state index contributed by atoms with van der Waals surface area (Å²) >= 11 is 1.04. The van der Waals surface area contributed by atoms with Crippen LogP contribution in [-0.4, -0.2) is 49.3 Å². The van der Waals surface area contributed by atoms with E-state index in [0.29, 0.717) is 16.4 Å². The van der Waals surface area contributed by atoms with Crippen molar-refractivity contribution in [3.05, 3.63) is 65.5 Å².